The van der Waals surface area contributed by atoms with Gasteiger partial charge in [-0.2, -0.15) is 0 Å². The third-order valence-corrected chi connectivity index (χ3v) is 18.3. The molecule has 0 saturated carbocycles. The van der Waals surface area contributed by atoms with Crippen molar-refractivity contribution in [2.24, 2.45) is 0 Å². The smallest absolute Gasteiger partial charge is 0.160 e. The molecule has 4 aromatic heterocycles. The van der Waals surface area contributed by atoms with Crippen LogP contribution in [0.2, 0.25) is 0 Å². The number of anilines is 4. The van der Waals surface area contributed by atoms with Crippen LogP contribution in [0.3, 0.4) is 0 Å². The molecule has 0 radical (unpaired) electrons. The van der Waals surface area contributed by atoms with E-state index in [0.717, 1.165) is 167 Å². The standard InChI is InChI=1S/C83H53N5O2/c1-51-14-10-22-64(38-51)88(74-25-13-21-59-40-60(30-31-68(59)74)67-24-12-18-54-15-6-7-23-66(54)67)75-33-32-69-70-41-61(53-28-26-52(27-29-53)56-19-11-20-57(39-56)63-48-84-50-85-49-63)44-76-79(70)80-71(72-46-65(87-36-8-3-9-37-87)47-78-81(72)82(69)83(75)90-78)42-62(45-77(80)89-76)58-34-35-86-73(43-58)55-16-4-2-5-17-55/h2-36,38-50H,37H2,1H3. The van der Waals surface area contributed by atoms with Crippen LogP contribution in [0.4, 0.5) is 22.7 Å². The first-order chi connectivity index (χ1) is 44.5. The van der Waals surface area contributed by atoms with E-state index in [1.54, 1.807) is 6.33 Å². The van der Waals surface area contributed by atoms with Crippen molar-refractivity contribution in [2.75, 3.05) is 16.3 Å². The summed E-state index contributed by atoms with van der Waals surface area (Å²) in [6.45, 7) is 2.89. The number of nitrogens with zero attached hydrogens (tertiary/aromatic N) is 5. The zero-order valence-corrected chi connectivity index (χ0v) is 49.0. The molecule has 0 unspecified atom stereocenters. The summed E-state index contributed by atoms with van der Waals surface area (Å²) >= 11 is 0. The van der Waals surface area contributed by atoms with Crippen LogP contribution in [-0.4, -0.2) is 21.5 Å². The van der Waals surface area contributed by atoms with Crippen LogP contribution in [-0.2, 0) is 0 Å². The predicted molar refractivity (Wildman–Crippen MR) is 373 cm³/mol. The minimum absolute atomic E-state index is 0.718. The zero-order valence-electron chi connectivity index (χ0n) is 49.0. The van der Waals surface area contributed by atoms with Crippen molar-refractivity contribution in [1.29, 1.82) is 0 Å². The van der Waals surface area contributed by atoms with E-state index in [2.05, 4.69) is 288 Å². The van der Waals surface area contributed by atoms with Crippen LogP contribution in [0.5, 0.6) is 0 Å². The number of aryl methyl sites for hydroxylation is 1. The minimum Gasteiger partial charge on any atom is -0.456 e. The fraction of sp³-hybridized carbons (Fsp3) is 0.0241. The van der Waals surface area contributed by atoms with Crippen molar-refractivity contribution in [3.8, 4) is 66.9 Å². The van der Waals surface area contributed by atoms with Crippen molar-refractivity contribution >= 4 is 110 Å². The largest absolute Gasteiger partial charge is 0.456 e. The summed E-state index contributed by atoms with van der Waals surface area (Å²) in [7, 11) is 0. The maximum atomic E-state index is 7.72. The normalized spacial score (nSPS) is 12.6. The van der Waals surface area contributed by atoms with Gasteiger partial charge in [-0.3, -0.25) is 4.98 Å². The topological polar surface area (TPSA) is 71.4 Å². The summed E-state index contributed by atoms with van der Waals surface area (Å²) < 4.78 is 15.1. The Bertz CT molecular complexity index is 5780. The second-order valence-electron chi connectivity index (χ2n) is 23.6. The summed E-state index contributed by atoms with van der Waals surface area (Å²) in [6, 6.07) is 88.3. The summed E-state index contributed by atoms with van der Waals surface area (Å²) in [5, 5.41) is 13.2. The highest BCUT2D eigenvalue weighted by Crippen LogP contribution is 2.53. The van der Waals surface area contributed by atoms with Gasteiger partial charge in [0.2, 0.25) is 0 Å². The first-order valence-electron chi connectivity index (χ1n) is 30.5. The molecule has 18 rings (SSSR count). The monoisotopic (exact) mass is 1150 g/mol. The average molecular weight is 1150 g/mol. The van der Waals surface area contributed by atoms with E-state index in [1.807, 2.05) is 24.7 Å². The van der Waals surface area contributed by atoms with Gasteiger partial charge in [0, 0.05) is 86.8 Å². The molecule has 0 spiro atoms. The molecule has 1 aliphatic heterocycles. The molecular formula is C83H53N5O2. The Morgan fingerprint density at radius 2 is 1.06 bits per heavy atom. The molecule has 13 aromatic carbocycles. The van der Waals surface area contributed by atoms with Crippen LogP contribution in [0, 0.1) is 6.92 Å². The van der Waals surface area contributed by atoms with Gasteiger partial charge in [-0.1, -0.05) is 170 Å². The fourth-order valence-corrected chi connectivity index (χ4v) is 14.0. The van der Waals surface area contributed by atoms with Crippen molar-refractivity contribution in [3.63, 3.8) is 0 Å². The quantitative estimate of drug-likeness (QED) is 0.135. The number of rotatable bonds is 10. The van der Waals surface area contributed by atoms with Crippen molar-refractivity contribution in [3.05, 3.63) is 298 Å². The second kappa shape index (κ2) is 20.6. The van der Waals surface area contributed by atoms with E-state index < -0.39 is 0 Å². The van der Waals surface area contributed by atoms with Gasteiger partial charge >= 0.3 is 0 Å². The molecule has 0 N–H and O–H groups in total. The van der Waals surface area contributed by atoms with Crippen molar-refractivity contribution in [1.82, 2.24) is 15.0 Å². The molecule has 90 heavy (non-hydrogen) atoms. The van der Waals surface area contributed by atoms with E-state index in [0.29, 0.717) is 0 Å². The zero-order chi connectivity index (χ0) is 59.4. The maximum Gasteiger partial charge on any atom is 0.160 e. The highest BCUT2D eigenvalue weighted by Gasteiger charge is 2.28. The summed E-state index contributed by atoms with van der Waals surface area (Å²) in [6.07, 6.45) is 15.8. The van der Waals surface area contributed by atoms with E-state index >= 15 is 0 Å². The minimum atomic E-state index is 0.718. The third-order valence-electron chi connectivity index (χ3n) is 18.3. The molecule has 17 aromatic rings. The van der Waals surface area contributed by atoms with E-state index in [9.17, 15) is 0 Å². The Kier molecular flexibility index (Phi) is 11.8. The lowest BCUT2D eigenvalue weighted by atomic mass is 9.90. The Morgan fingerprint density at radius 1 is 0.400 bits per heavy atom. The van der Waals surface area contributed by atoms with Gasteiger partial charge in [-0.15, -0.1) is 0 Å². The molecule has 0 aliphatic carbocycles. The van der Waals surface area contributed by atoms with Gasteiger partial charge < -0.3 is 18.6 Å². The first-order valence-corrected chi connectivity index (χ1v) is 30.5. The molecule has 5 heterocycles. The van der Waals surface area contributed by atoms with E-state index in [1.165, 1.54) is 21.9 Å². The Labute approximate surface area is 518 Å². The number of hydrogen-bond acceptors (Lipinski definition) is 7. The van der Waals surface area contributed by atoms with Gasteiger partial charge in [-0.25, -0.2) is 9.97 Å². The Balaban J connectivity index is 0.916. The molecular weight excluding hydrogens is 1100 g/mol. The number of allylic oxidation sites excluding steroid dienone is 2. The highest BCUT2D eigenvalue weighted by molar-refractivity contribution is 6.38. The number of hydrogen-bond donors (Lipinski definition) is 0. The molecule has 422 valence electrons. The van der Waals surface area contributed by atoms with Gasteiger partial charge in [0.1, 0.15) is 23.1 Å². The van der Waals surface area contributed by atoms with Crippen molar-refractivity contribution < 1.29 is 8.83 Å². The molecule has 0 amide bonds. The van der Waals surface area contributed by atoms with Gasteiger partial charge in [0.05, 0.1) is 17.1 Å². The fourth-order valence-electron chi connectivity index (χ4n) is 14.0. The van der Waals surface area contributed by atoms with E-state index in [-0.39, 0.29) is 0 Å². The summed E-state index contributed by atoms with van der Waals surface area (Å²) in [5.41, 5.74) is 21.2. The third kappa shape index (κ3) is 8.46. The molecule has 0 saturated heterocycles. The van der Waals surface area contributed by atoms with Gasteiger partial charge in [-0.05, 0) is 185 Å². The van der Waals surface area contributed by atoms with Crippen LogP contribution in [0.25, 0.3) is 154 Å². The van der Waals surface area contributed by atoms with Crippen LogP contribution >= 0.6 is 0 Å². The van der Waals surface area contributed by atoms with Crippen LogP contribution in [0.1, 0.15) is 5.56 Å². The lowest BCUT2D eigenvalue weighted by Crippen LogP contribution is -2.17. The van der Waals surface area contributed by atoms with Crippen LogP contribution < -0.4 is 9.80 Å². The molecule has 7 heteroatoms. The number of aromatic nitrogens is 3. The number of benzene rings is 12. The first kappa shape index (κ1) is 51.3. The molecule has 7 nitrogen and oxygen atoms in total. The lowest BCUT2D eigenvalue weighted by Gasteiger charge is -2.27. The highest BCUT2D eigenvalue weighted by atomic mass is 16.3. The molecule has 1 aliphatic rings. The Morgan fingerprint density at radius 3 is 1.88 bits per heavy atom. The molecule has 0 bridgehead atoms. The predicted octanol–water partition coefficient (Wildman–Crippen LogP) is 22.4. The summed E-state index contributed by atoms with van der Waals surface area (Å²) in [4.78, 5) is 18.2. The van der Waals surface area contributed by atoms with E-state index in [4.69, 9.17) is 13.8 Å². The van der Waals surface area contributed by atoms with Gasteiger partial charge in [0.15, 0.2) is 5.58 Å². The lowest BCUT2D eigenvalue weighted by molar-refractivity contribution is 0.669. The SMILES string of the molecule is Cc1cccc(N(c2cccc3cc(-c4cccc5ccccc45)ccc23)c2ccc3c4cc(-c5ccc(-c6cccc(-c7cncnc7)c6)cc5)cc5oc6cc(-c7ccnc(-c8ccccc8)c7)cc(c7cc(N8C=CC=CC8)cc8oc2c3c87)c6c54)c1. The van der Waals surface area contributed by atoms with Crippen LogP contribution in [0.15, 0.2) is 301 Å². The van der Waals surface area contributed by atoms with Crippen molar-refractivity contribution in [2.45, 2.75) is 6.92 Å². The molecule has 0 fully saturated rings. The Hall–Kier alpha value is -11.9. The summed E-state index contributed by atoms with van der Waals surface area (Å²) in [5.74, 6) is 0. The second-order valence-corrected chi connectivity index (χ2v) is 23.6. The molecule has 0 atom stereocenters. The van der Waals surface area contributed by atoms with Gasteiger partial charge in [0.25, 0.3) is 0 Å². The number of fused-ring (bicyclic) bond motifs is 4. The average Bonchev–Trinajstić information content (AvgIpc) is 1.54. The number of furan rings is 2. The maximum absolute atomic E-state index is 7.72. The number of pyridine rings is 1.